The van der Waals surface area contributed by atoms with Crippen LogP contribution in [0.25, 0.3) is 21.9 Å². The van der Waals surface area contributed by atoms with E-state index in [4.69, 9.17) is 9.47 Å². The van der Waals surface area contributed by atoms with E-state index in [1.807, 2.05) is 0 Å². The molecule has 6 nitrogen and oxygen atoms in total. The third kappa shape index (κ3) is 2.55. The molecule has 0 atom stereocenters. The SMILES string of the molecule is COc1cc2[nH]c3c(Nc4cc(F)ccc4F)ncnc3c2cc1OC. The van der Waals surface area contributed by atoms with Gasteiger partial charge in [-0.2, -0.15) is 0 Å². The van der Waals surface area contributed by atoms with Gasteiger partial charge in [-0.05, 0) is 18.2 Å². The molecule has 132 valence electrons. The van der Waals surface area contributed by atoms with Crippen LogP contribution in [-0.2, 0) is 0 Å². The zero-order chi connectivity index (χ0) is 18.3. The largest absolute Gasteiger partial charge is 0.493 e. The molecule has 0 aliphatic rings. The lowest BCUT2D eigenvalue weighted by atomic mass is 10.2. The van der Waals surface area contributed by atoms with Gasteiger partial charge >= 0.3 is 0 Å². The molecule has 0 unspecified atom stereocenters. The number of rotatable bonds is 4. The van der Waals surface area contributed by atoms with Crippen LogP contribution >= 0.6 is 0 Å². The van der Waals surface area contributed by atoms with Crippen LogP contribution in [0.1, 0.15) is 0 Å². The van der Waals surface area contributed by atoms with E-state index < -0.39 is 11.6 Å². The van der Waals surface area contributed by atoms with Gasteiger partial charge in [-0.3, -0.25) is 0 Å². The van der Waals surface area contributed by atoms with E-state index in [0.717, 1.165) is 29.1 Å². The molecule has 0 fully saturated rings. The van der Waals surface area contributed by atoms with Crippen molar-refractivity contribution in [3.8, 4) is 11.5 Å². The van der Waals surface area contributed by atoms with Crippen molar-refractivity contribution in [1.29, 1.82) is 0 Å². The van der Waals surface area contributed by atoms with E-state index in [1.165, 1.54) is 6.33 Å². The molecule has 2 aromatic heterocycles. The number of H-pyrrole nitrogens is 1. The molecule has 8 heteroatoms. The van der Waals surface area contributed by atoms with Gasteiger partial charge in [0, 0.05) is 17.5 Å². The molecule has 0 saturated carbocycles. The van der Waals surface area contributed by atoms with Gasteiger partial charge in [0.25, 0.3) is 0 Å². The summed E-state index contributed by atoms with van der Waals surface area (Å²) in [5.41, 5.74) is 1.91. The van der Waals surface area contributed by atoms with Crippen LogP contribution in [0.4, 0.5) is 20.3 Å². The van der Waals surface area contributed by atoms with Crippen LogP contribution in [0.5, 0.6) is 11.5 Å². The van der Waals surface area contributed by atoms with Gasteiger partial charge in [0.1, 0.15) is 29.0 Å². The van der Waals surface area contributed by atoms with Crippen molar-refractivity contribution in [3.05, 3.63) is 48.3 Å². The molecule has 4 rings (SSSR count). The quantitative estimate of drug-likeness (QED) is 0.575. The van der Waals surface area contributed by atoms with E-state index in [9.17, 15) is 8.78 Å². The Hall–Kier alpha value is -3.42. The first-order valence-electron chi connectivity index (χ1n) is 7.71. The Morgan fingerprint density at radius 3 is 2.54 bits per heavy atom. The first-order valence-corrected chi connectivity index (χ1v) is 7.71. The summed E-state index contributed by atoms with van der Waals surface area (Å²) in [6.45, 7) is 0. The second kappa shape index (κ2) is 6.14. The molecule has 0 spiro atoms. The van der Waals surface area contributed by atoms with Crippen molar-refractivity contribution in [2.75, 3.05) is 19.5 Å². The average molecular weight is 356 g/mol. The number of aromatic nitrogens is 3. The Morgan fingerprint density at radius 1 is 1.00 bits per heavy atom. The third-order valence-electron chi connectivity index (χ3n) is 4.07. The van der Waals surface area contributed by atoms with Crippen LogP contribution < -0.4 is 14.8 Å². The van der Waals surface area contributed by atoms with Gasteiger partial charge in [0.2, 0.25) is 0 Å². The molecule has 2 aromatic carbocycles. The molecule has 26 heavy (non-hydrogen) atoms. The second-order valence-corrected chi connectivity index (χ2v) is 5.57. The number of nitrogens with one attached hydrogen (secondary N) is 2. The summed E-state index contributed by atoms with van der Waals surface area (Å²) in [6, 6.07) is 6.75. The number of ether oxygens (including phenoxy) is 2. The summed E-state index contributed by atoms with van der Waals surface area (Å²) >= 11 is 0. The first-order chi connectivity index (χ1) is 12.6. The highest BCUT2D eigenvalue weighted by Crippen LogP contribution is 2.36. The standard InChI is InChI=1S/C18H14F2N4O2/c1-25-14-6-10-12(7-15(14)26-2)23-17-16(10)21-8-22-18(17)24-13-5-9(19)3-4-11(13)20/h3-8,23H,1-2H3,(H,21,22,24). The van der Waals surface area contributed by atoms with Crippen molar-refractivity contribution >= 4 is 33.4 Å². The summed E-state index contributed by atoms with van der Waals surface area (Å²) in [4.78, 5) is 11.6. The summed E-state index contributed by atoms with van der Waals surface area (Å²) in [7, 11) is 3.10. The predicted octanol–water partition coefficient (Wildman–Crippen LogP) is 4.15. The normalized spacial score (nSPS) is 11.1. The molecule has 0 radical (unpaired) electrons. The monoisotopic (exact) mass is 356 g/mol. The minimum atomic E-state index is -0.586. The maximum atomic E-state index is 13.9. The Kier molecular flexibility index (Phi) is 3.80. The molecule has 2 N–H and O–H groups in total. The van der Waals surface area contributed by atoms with Crippen molar-refractivity contribution in [2.24, 2.45) is 0 Å². The molecular formula is C18H14F2N4O2. The minimum Gasteiger partial charge on any atom is -0.493 e. The number of aromatic amines is 1. The van der Waals surface area contributed by atoms with Crippen molar-refractivity contribution in [3.63, 3.8) is 0 Å². The highest BCUT2D eigenvalue weighted by Gasteiger charge is 2.15. The Morgan fingerprint density at radius 2 is 1.77 bits per heavy atom. The minimum absolute atomic E-state index is 0.0150. The van der Waals surface area contributed by atoms with Crippen LogP contribution in [0.15, 0.2) is 36.7 Å². The zero-order valence-corrected chi connectivity index (χ0v) is 13.9. The van der Waals surface area contributed by atoms with Crippen LogP contribution in [-0.4, -0.2) is 29.2 Å². The molecule has 0 bridgehead atoms. The fourth-order valence-electron chi connectivity index (χ4n) is 2.84. The second-order valence-electron chi connectivity index (χ2n) is 5.57. The van der Waals surface area contributed by atoms with Crippen molar-refractivity contribution in [1.82, 2.24) is 15.0 Å². The van der Waals surface area contributed by atoms with Crippen molar-refractivity contribution in [2.45, 2.75) is 0 Å². The molecule has 0 saturated heterocycles. The predicted molar refractivity (Wildman–Crippen MR) is 94.1 cm³/mol. The summed E-state index contributed by atoms with van der Waals surface area (Å²) in [6.07, 6.45) is 1.35. The molecule has 2 heterocycles. The Balaban J connectivity index is 1.90. The summed E-state index contributed by atoms with van der Waals surface area (Å²) in [5, 5.41) is 3.61. The van der Waals surface area contributed by atoms with Crippen LogP contribution in [0.3, 0.4) is 0 Å². The number of fused-ring (bicyclic) bond motifs is 3. The highest BCUT2D eigenvalue weighted by molar-refractivity contribution is 6.09. The fourth-order valence-corrected chi connectivity index (χ4v) is 2.84. The molecular weight excluding hydrogens is 342 g/mol. The van der Waals surface area contributed by atoms with Crippen LogP contribution in [0, 0.1) is 11.6 Å². The maximum absolute atomic E-state index is 13.9. The van der Waals surface area contributed by atoms with E-state index in [-0.39, 0.29) is 5.69 Å². The smallest absolute Gasteiger partial charge is 0.162 e. The van der Waals surface area contributed by atoms with Gasteiger partial charge < -0.3 is 19.8 Å². The number of nitrogens with zero attached hydrogens (tertiary/aromatic N) is 2. The van der Waals surface area contributed by atoms with Gasteiger partial charge in [-0.1, -0.05) is 0 Å². The maximum Gasteiger partial charge on any atom is 0.162 e. The molecule has 0 amide bonds. The molecule has 4 aromatic rings. The van der Waals surface area contributed by atoms with E-state index in [0.29, 0.717) is 28.4 Å². The molecule has 0 aliphatic heterocycles. The number of benzene rings is 2. The van der Waals surface area contributed by atoms with E-state index >= 15 is 0 Å². The van der Waals surface area contributed by atoms with Crippen molar-refractivity contribution < 1.29 is 18.3 Å². The summed E-state index contributed by atoms with van der Waals surface area (Å²) in [5.74, 6) is 0.312. The Labute approximate surface area is 146 Å². The lowest BCUT2D eigenvalue weighted by molar-refractivity contribution is 0.356. The topological polar surface area (TPSA) is 72.1 Å². The Bertz CT molecular complexity index is 1130. The van der Waals surface area contributed by atoms with Crippen LogP contribution in [0.2, 0.25) is 0 Å². The molecule has 0 aliphatic carbocycles. The number of methoxy groups -OCH3 is 2. The van der Waals surface area contributed by atoms with E-state index in [1.54, 1.807) is 26.4 Å². The van der Waals surface area contributed by atoms with Gasteiger partial charge in [-0.25, -0.2) is 18.7 Å². The first kappa shape index (κ1) is 16.1. The number of hydrogen-bond acceptors (Lipinski definition) is 5. The van der Waals surface area contributed by atoms with Gasteiger partial charge in [0.15, 0.2) is 17.3 Å². The lowest BCUT2D eigenvalue weighted by Gasteiger charge is -2.07. The number of halogens is 2. The fraction of sp³-hybridized carbons (Fsp3) is 0.111. The van der Waals surface area contributed by atoms with E-state index in [2.05, 4.69) is 20.3 Å². The van der Waals surface area contributed by atoms with Gasteiger partial charge in [-0.15, -0.1) is 0 Å². The summed E-state index contributed by atoms with van der Waals surface area (Å²) < 4.78 is 38.0. The zero-order valence-electron chi connectivity index (χ0n) is 13.9. The lowest BCUT2D eigenvalue weighted by Crippen LogP contribution is -1.98. The highest BCUT2D eigenvalue weighted by atomic mass is 19.1. The third-order valence-corrected chi connectivity index (χ3v) is 4.07. The average Bonchev–Trinajstić information content (AvgIpc) is 3.02. The number of hydrogen-bond donors (Lipinski definition) is 2. The number of anilines is 2. The van der Waals surface area contributed by atoms with Gasteiger partial charge in [0.05, 0.1) is 25.4 Å².